The summed E-state index contributed by atoms with van der Waals surface area (Å²) in [5.41, 5.74) is 1.04. The van der Waals surface area contributed by atoms with Crippen LogP contribution in [0.25, 0.3) is 0 Å². The number of unbranched alkanes of at least 4 members (excludes halogenated alkanes) is 1. The van der Waals surface area contributed by atoms with Crippen LogP contribution >= 0.6 is 0 Å². The minimum atomic E-state index is -0.231. The molecule has 0 amide bonds. The van der Waals surface area contributed by atoms with Crippen LogP contribution < -0.4 is 0 Å². The molecule has 0 fully saturated rings. The van der Waals surface area contributed by atoms with E-state index >= 15 is 0 Å². The third-order valence-corrected chi connectivity index (χ3v) is 2.41. The van der Waals surface area contributed by atoms with Crippen molar-refractivity contribution in [2.45, 2.75) is 52.9 Å². The number of aryl methyl sites for hydroxylation is 1. The Morgan fingerprint density at radius 3 is 2.53 bits per heavy atom. The Kier molecular flexibility index (Phi) is 6.81. The molecule has 98 valence electrons. The van der Waals surface area contributed by atoms with E-state index in [1.54, 1.807) is 4.68 Å². The molecule has 0 saturated carbocycles. The quantitative estimate of drug-likeness (QED) is 0.621. The minimum absolute atomic E-state index is 0.231. The Morgan fingerprint density at radius 1 is 1.24 bits per heavy atom. The van der Waals surface area contributed by atoms with E-state index in [0.29, 0.717) is 19.8 Å². The highest BCUT2D eigenvalue weighted by Crippen LogP contribution is 2.03. The standard InChI is InChI=1S/C12H23N3O2/c1-4-7-8-11-9-15(14-13-11)10-12(16-5-2)17-6-3/h9,12H,4-8,10H2,1-3H3. The number of hydrogen-bond donors (Lipinski definition) is 0. The second-order valence-corrected chi connectivity index (χ2v) is 3.88. The van der Waals surface area contributed by atoms with E-state index in [0.717, 1.165) is 18.5 Å². The van der Waals surface area contributed by atoms with Gasteiger partial charge in [-0.25, -0.2) is 4.68 Å². The lowest BCUT2D eigenvalue weighted by Crippen LogP contribution is -2.24. The van der Waals surface area contributed by atoms with Crippen LogP contribution in [0.3, 0.4) is 0 Å². The fourth-order valence-corrected chi connectivity index (χ4v) is 1.58. The Hall–Kier alpha value is -0.940. The van der Waals surface area contributed by atoms with E-state index in [1.165, 1.54) is 6.42 Å². The number of nitrogens with zero attached hydrogens (tertiary/aromatic N) is 3. The third-order valence-electron chi connectivity index (χ3n) is 2.41. The molecule has 5 nitrogen and oxygen atoms in total. The molecular formula is C12H23N3O2. The molecule has 0 unspecified atom stereocenters. The van der Waals surface area contributed by atoms with E-state index < -0.39 is 0 Å². The predicted octanol–water partition coefficient (Wildman–Crippen LogP) is 2.02. The first-order chi connectivity index (χ1) is 8.30. The van der Waals surface area contributed by atoms with Gasteiger partial charge in [0.15, 0.2) is 6.29 Å². The molecule has 0 aliphatic carbocycles. The van der Waals surface area contributed by atoms with E-state index in [4.69, 9.17) is 9.47 Å². The van der Waals surface area contributed by atoms with Gasteiger partial charge in [-0.3, -0.25) is 0 Å². The van der Waals surface area contributed by atoms with E-state index in [1.807, 2.05) is 20.0 Å². The Morgan fingerprint density at radius 2 is 1.94 bits per heavy atom. The molecule has 1 aromatic rings. The topological polar surface area (TPSA) is 49.2 Å². The minimum Gasteiger partial charge on any atom is -0.351 e. The fraction of sp³-hybridized carbons (Fsp3) is 0.833. The average Bonchev–Trinajstić information content (AvgIpc) is 2.75. The summed E-state index contributed by atoms with van der Waals surface area (Å²) in [6, 6.07) is 0. The lowest BCUT2D eigenvalue weighted by atomic mass is 10.2. The highest BCUT2D eigenvalue weighted by Gasteiger charge is 2.10. The number of ether oxygens (including phenoxy) is 2. The van der Waals surface area contributed by atoms with Crippen LogP contribution in [-0.4, -0.2) is 34.5 Å². The van der Waals surface area contributed by atoms with Crippen molar-refractivity contribution in [2.24, 2.45) is 0 Å². The molecule has 0 atom stereocenters. The molecule has 0 aliphatic rings. The van der Waals surface area contributed by atoms with E-state index in [-0.39, 0.29) is 6.29 Å². The molecule has 0 aromatic carbocycles. The second kappa shape index (κ2) is 8.20. The van der Waals surface area contributed by atoms with Gasteiger partial charge in [-0.15, -0.1) is 5.10 Å². The summed E-state index contributed by atoms with van der Waals surface area (Å²) in [7, 11) is 0. The number of hydrogen-bond acceptors (Lipinski definition) is 4. The van der Waals surface area contributed by atoms with Crippen molar-refractivity contribution in [3.63, 3.8) is 0 Å². The van der Waals surface area contributed by atoms with Gasteiger partial charge in [0.05, 0.1) is 12.2 Å². The average molecular weight is 241 g/mol. The van der Waals surface area contributed by atoms with Crippen LogP contribution in [0.2, 0.25) is 0 Å². The van der Waals surface area contributed by atoms with Gasteiger partial charge in [-0.1, -0.05) is 18.6 Å². The second-order valence-electron chi connectivity index (χ2n) is 3.88. The zero-order chi connectivity index (χ0) is 12.5. The highest BCUT2D eigenvalue weighted by molar-refractivity contribution is 4.92. The molecule has 1 aromatic heterocycles. The summed E-state index contributed by atoms with van der Waals surface area (Å²) >= 11 is 0. The summed E-state index contributed by atoms with van der Waals surface area (Å²) in [4.78, 5) is 0. The van der Waals surface area contributed by atoms with Gasteiger partial charge in [0.25, 0.3) is 0 Å². The Bertz CT molecular complexity index is 296. The van der Waals surface area contributed by atoms with Gasteiger partial charge >= 0.3 is 0 Å². The van der Waals surface area contributed by atoms with E-state index in [2.05, 4.69) is 17.2 Å². The van der Waals surface area contributed by atoms with E-state index in [9.17, 15) is 0 Å². The summed E-state index contributed by atoms with van der Waals surface area (Å²) in [6.45, 7) is 7.97. The van der Waals surface area contributed by atoms with Crippen molar-refractivity contribution < 1.29 is 9.47 Å². The zero-order valence-electron chi connectivity index (χ0n) is 11.1. The molecule has 1 heterocycles. The fourth-order valence-electron chi connectivity index (χ4n) is 1.58. The molecule has 5 heteroatoms. The third kappa shape index (κ3) is 5.28. The molecule has 0 aliphatic heterocycles. The van der Waals surface area contributed by atoms with Crippen molar-refractivity contribution in [3.8, 4) is 0 Å². The van der Waals surface area contributed by atoms with Gasteiger partial charge in [0, 0.05) is 19.4 Å². The van der Waals surface area contributed by atoms with Crippen molar-refractivity contribution in [3.05, 3.63) is 11.9 Å². The molecule has 1 rings (SSSR count). The monoisotopic (exact) mass is 241 g/mol. The van der Waals surface area contributed by atoms with Crippen LogP contribution in [0.15, 0.2) is 6.20 Å². The predicted molar refractivity (Wildman–Crippen MR) is 65.7 cm³/mol. The summed E-state index contributed by atoms with van der Waals surface area (Å²) in [5, 5.41) is 8.21. The van der Waals surface area contributed by atoms with Crippen molar-refractivity contribution in [1.82, 2.24) is 15.0 Å². The number of rotatable bonds is 9. The maximum Gasteiger partial charge on any atom is 0.176 e. The highest BCUT2D eigenvalue weighted by atomic mass is 16.7. The van der Waals surface area contributed by atoms with Crippen molar-refractivity contribution in [1.29, 1.82) is 0 Å². The molecule has 0 N–H and O–H groups in total. The first-order valence-electron chi connectivity index (χ1n) is 6.42. The van der Waals surface area contributed by atoms with Gasteiger partial charge in [-0.2, -0.15) is 0 Å². The van der Waals surface area contributed by atoms with Crippen LogP contribution in [-0.2, 0) is 22.4 Å². The van der Waals surface area contributed by atoms with Crippen LogP contribution in [0.4, 0.5) is 0 Å². The molecule has 17 heavy (non-hydrogen) atoms. The first-order valence-corrected chi connectivity index (χ1v) is 6.42. The summed E-state index contributed by atoms with van der Waals surface area (Å²) < 4.78 is 12.7. The largest absolute Gasteiger partial charge is 0.351 e. The molecule has 0 radical (unpaired) electrons. The van der Waals surface area contributed by atoms with Gasteiger partial charge < -0.3 is 9.47 Å². The maximum absolute atomic E-state index is 5.47. The number of aromatic nitrogens is 3. The first kappa shape index (κ1) is 14.1. The molecule has 0 bridgehead atoms. The van der Waals surface area contributed by atoms with Crippen LogP contribution in [0.1, 0.15) is 39.3 Å². The van der Waals surface area contributed by atoms with Crippen LogP contribution in [0.5, 0.6) is 0 Å². The molecule has 0 spiro atoms. The Balaban J connectivity index is 2.45. The summed E-state index contributed by atoms with van der Waals surface area (Å²) in [6.07, 6.45) is 5.06. The zero-order valence-corrected chi connectivity index (χ0v) is 11.1. The van der Waals surface area contributed by atoms with Gasteiger partial charge in [-0.05, 0) is 26.7 Å². The summed E-state index contributed by atoms with van der Waals surface area (Å²) in [5.74, 6) is 0. The SMILES string of the molecule is CCCCc1cn(CC(OCC)OCC)nn1. The van der Waals surface area contributed by atoms with Crippen molar-refractivity contribution in [2.75, 3.05) is 13.2 Å². The smallest absolute Gasteiger partial charge is 0.176 e. The maximum atomic E-state index is 5.47. The normalized spacial score (nSPS) is 11.3. The van der Waals surface area contributed by atoms with Crippen molar-refractivity contribution >= 4 is 0 Å². The lowest BCUT2D eigenvalue weighted by Gasteiger charge is -2.16. The molecule has 0 saturated heterocycles. The van der Waals surface area contributed by atoms with Gasteiger partial charge in [0.1, 0.15) is 0 Å². The van der Waals surface area contributed by atoms with Gasteiger partial charge in [0.2, 0.25) is 0 Å². The van der Waals surface area contributed by atoms with Crippen LogP contribution in [0, 0.1) is 0 Å². The Labute approximate surface area is 103 Å². The lowest BCUT2D eigenvalue weighted by molar-refractivity contribution is -0.145. The molecular weight excluding hydrogens is 218 g/mol.